The van der Waals surface area contributed by atoms with Gasteiger partial charge in [0, 0.05) is 6.54 Å². The topological polar surface area (TPSA) is 41.6 Å². The van der Waals surface area contributed by atoms with E-state index in [1.165, 1.54) is 0 Å². The van der Waals surface area contributed by atoms with Crippen LogP contribution < -0.4 is 5.32 Å². The molecule has 0 aliphatic carbocycles. The summed E-state index contributed by atoms with van der Waals surface area (Å²) >= 11 is 6.09. The summed E-state index contributed by atoms with van der Waals surface area (Å²) < 4.78 is 5.31. The summed E-state index contributed by atoms with van der Waals surface area (Å²) in [5, 5.41) is 3.44. The number of carbonyl (C=O) groups is 1. The minimum Gasteiger partial charge on any atom is -0.377 e. The maximum absolute atomic E-state index is 12.2. The molecule has 0 spiro atoms. The first-order valence-electron chi connectivity index (χ1n) is 6.00. The fraction of sp³-hybridized carbons (Fsp3) is 0.462. The number of hydrogen-bond donors (Lipinski definition) is 1. The standard InChI is InChI=1S/C13H17ClN2O2/c1-9-4-3-5-11(14)12(9)15-13(17)16-6-7-18-8-10(16)2/h3-5,10H,6-8H2,1-2H3,(H,15,17)/t10-/m0/s1. The molecular formula is C13H17ClN2O2. The number of benzene rings is 1. The molecule has 5 heteroatoms. The molecule has 1 heterocycles. The van der Waals surface area contributed by atoms with Gasteiger partial charge in [-0.2, -0.15) is 0 Å². The second-order valence-corrected chi connectivity index (χ2v) is 4.89. The Hall–Kier alpha value is -1.26. The van der Waals surface area contributed by atoms with E-state index in [4.69, 9.17) is 16.3 Å². The van der Waals surface area contributed by atoms with Crippen molar-refractivity contribution in [3.63, 3.8) is 0 Å². The van der Waals surface area contributed by atoms with Gasteiger partial charge in [0.25, 0.3) is 0 Å². The van der Waals surface area contributed by atoms with E-state index in [2.05, 4.69) is 5.32 Å². The van der Waals surface area contributed by atoms with Crippen molar-refractivity contribution in [3.05, 3.63) is 28.8 Å². The molecule has 0 saturated carbocycles. The van der Waals surface area contributed by atoms with Crippen LogP contribution in [-0.4, -0.2) is 36.7 Å². The van der Waals surface area contributed by atoms with Crippen molar-refractivity contribution in [2.75, 3.05) is 25.1 Å². The molecule has 0 aromatic heterocycles. The normalized spacial score (nSPS) is 19.7. The lowest BCUT2D eigenvalue weighted by Crippen LogP contribution is -2.49. The van der Waals surface area contributed by atoms with Crippen molar-refractivity contribution < 1.29 is 9.53 Å². The van der Waals surface area contributed by atoms with E-state index in [1.54, 1.807) is 11.0 Å². The van der Waals surface area contributed by atoms with Crippen LogP contribution in [0, 0.1) is 6.92 Å². The third-order valence-electron chi connectivity index (χ3n) is 3.08. The van der Waals surface area contributed by atoms with Gasteiger partial charge in [0.2, 0.25) is 0 Å². The summed E-state index contributed by atoms with van der Waals surface area (Å²) in [6.07, 6.45) is 0. The van der Waals surface area contributed by atoms with Gasteiger partial charge in [-0.15, -0.1) is 0 Å². The molecule has 1 aromatic rings. The summed E-state index contributed by atoms with van der Waals surface area (Å²) in [4.78, 5) is 14.0. The number of ether oxygens (including phenoxy) is 1. The highest BCUT2D eigenvalue weighted by atomic mass is 35.5. The number of morpholine rings is 1. The Morgan fingerprint density at radius 2 is 2.33 bits per heavy atom. The minimum atomic E-state index is -0.123. The number of halogens is 1. The molecule has 0 unspecified atom stereocenters. The van der Waals surface area contributed by atoms with Crippen LogP contribution in [0.5, 0.6) is 0 Å². The first-order valence-corrected chi connectivity index (χ1v) is 6.38. The lowest BCUT2D eigenvalue weighted by atomic mass is 10.2. The lowest BCUT2D eigenvalue weighted by molar-refractivity contribution is 0.0221. The highest BCUT2D eigenvalue weighted by Gasteiger charge is 2.24. The molecular weight excluding hydrogens is 252 g/mol. The molecule has 1 atom stereocenters. The Kier molecular flexibility index (Phi) is 4.09. The number of rotatable bonds is 1. The van der Waals surface area contributed by atoms with Crippen molar-refractivity contribution in [1.29, 1.82) is 0 Å². The molecule has 2 rings (SSSR count). The molecule has 1 aliphatic rings. The summed E-state index contributed by atoms with van der Waals surface area (Å²) in [6, 6.07) is 5.52. The van der Waals surface area contributed by atoms with Crippen molar-refractivity contribution >= 4 is 23.3 Å². The van der Waals surface area contributed by atoms with Crippen LogP contribution in [0.3, 0.4) is 0 Å². The predicted octanol–water partition coefficient (Wildman–Crippen LogP) is 2.90. The summed E-state index contributed by atoms with van der Waals surface area (Å²) in [7, 11) is 0. The third kappa shape index (κ3) is 2.76. The summed E-state index contributed by atoms with van der Waals surface area (Å²) in [5.41, 5.74) is 1.64. The van der Waals surface area contributed by atoms with Gasteiger partial charge >= 0.3 is 6.03 Å². The molecule has 1 fully saturated rings. The van der Waals surface area contributed by atoms with Crippen molar-refractivity contribution in [3.8, 4) is 0 Å². The fourth-order valence-electron chi connectivity index (χ4n) is 2.00. The zero-order valence-electron chi connectivity index (χ0n) is 10.6. The van der Waals surface area contributed by atoms with E-state index in [0.29, 0.717) is 30.5 Å². The van der Waals surface area contributed by atoms with Crippen LogP contribution in [0.1, 0.15) is 12.5 Å². The lowest BCUT2D eigenvalue weighted by Gasteiger charge is -2.33. The molecule has 2 amide bonds. The molecule has 0 radical (unpaired) electrons. The van der Waals surface area contributed by atoms with E-state index in [9.17, 15) is 4.79 Å². The number of nitrogens with zero attached hydrogens (tertiary/aromatic N) is 1. The molecule has 0 bridgehead atoms. The maximum atomic E-state index is 12.2. The highest BCUT2D eigenvalue weighted by Crippen LogP contribution is 2.25. The van der Waals surface area contributed by atoms with Crippen LogP contribution in [-0.2, 0) is 4.74 Å². The number of nitrogens with one attached hydrogen (secondary N) is 1. The molecule has 1 aromatic carbocycles. The number of amides is 2. The van der Waals surface area contributed by atoms with Gasteiger partial charge in [-0.1, -0.05) is 23.7 Å². The average Bonchev–Trinajstić information content (AvgIpc) is 2.34. The van der Waals surface area contributed by atoms with Crippen molar-refractivity contribution in [2.24, 2.45) is 0 Å². The maximum Gasteiger partial charge on any atom is 0.322 e. The largest absolute Gasteiger partial charge is 0.377 e. The summed E-state index contributed by atoms with van der Waals surface area (Å²) in [5.74, 6) is 0. The first-order chi connectivity index (χ1) is 8.59. The number of urea groups is 1. The molecule has 98 valence electrons. The molecule has 4 nitrogen and oxygen atoms in total. The van der Waals surface area contributed by atoms with Crippen LogP contribution in [0.2, 0.25) is 5.02 Å². The van der Waals surface area contributed by atoms with Crippen LogP contribution in [0.4, 0.5) is 10.5 Å². The Bertz CT molecular complexity index is 430. The molecule has 1 N–H and O–H groups in total. The summed E-state index contributed by atoms with van der Waals surface area (Å²) in [6.45, 7) is 5.66. The quantitative estimate of drug-likeness (QED) is 0.851. The fourth-order valence-corrected chi connectivity index (χ4v) is 2.27. The van der Waals surface area contributed by atoms with Gasteiger partial charge < -0.3 is 15.0 Å². The van der Waals surface area contributed by atoms with Gasteiger partial charge in [0.15, 0.2) is 0 Å². The Labute approximate surface area is 112 Å². The Balaban J connectivity index is 2.11. The van der Waals surface area contributed by atoms with E-state index in [1.807, 2.05) is 26.0 Å². The SMILES string of the molecule is Cc1cccc(Cl)c1NC(=O)N1CCOC[C@@H]1C. The van der Waals surface area contributed by atoms with Gasteiger partial charge in [-0.3, -0.25) is 0 Å². The number of carbonyl (C=O) groups excluding carboxylic acids is 1. The predicted molar refractivity (Wildman–Crippen MR) is 72.2 cm³/mol. The first kappa shape index (κ1) is 13.2. The van der Waals surface area contributed by atoms with Gasteiger partial charge in [0.05, 0.1) is 30.0 Å². The highest BCUT2D eigenvalue weighted by molar-refractivity contribution is 6.33. The number of para-hydroxylation sites is 1. The van der Waals surface area contributed by atoms with E-state index in [-0.39, 0.29) is 12.1 Å². The minimum absolute atomic E-state index is 0.0848. The smallest absolute Gasteiger partial charge is 0.322 e. The zero-order chi connectivity index (χ0) is 13.1. The average molecular weight is 269 g/mol. The third-order valence-corrected chi connectivity index (χ3v) is 3.40. The molecule has 1 aliphatic heterocycles. The zero-order valence-corrected chi connectivity index (χ0v) is 11.3. The number of hydrogen-bond acceptors (Lipinski definition) is 2. The van der Waals surface area contributed by atoms with E-state index in [0.717, 1.165) is 5.56 Å². The second kappa shape index (κ2) is 5.59. The van der Waals surface area contributed by atoms with E-state index < -0.39 is 0 Å². The Morgan fingerprint density at radius 3 is 3.00 bits per heavy atom. The molecule has 18 heavy (non-hydrogen) atoms. The molecule has 1 saturated heterocycles. The Morgan fingerprint density at radius 1 is 1.56 bits per heavy atom. The van der Waals surface area contributed by atoms with Crippen LogP contribution in [0.15, 0.2) is 18.2 Å². The second-order valence-electron chi connectivity index (χ2n) is 4.48. The van der Waals surface area contributed by atoms with Gasteiger partial charge in [-0.05, 0) is 25.5 Å². The van der Waals surface area contributed by atoms with Gasteiger partial charge in [0.1, 0.15) is 0 Å². The van der Waals surface area contributed by atoms with Crippen LogP contribution >= 0.6 is 11.6 Å². The monoisotopic (exact) mass is 268 g/mol. The van der Waals surface area contributed by atoms with Crippen molar-refractivity contribution in [2.45, 2.75) is 19.9 Å². The van der Waals surface area contributed by atoms with Crippen LogP contribution in [0.25, 0.3) is 0 Å². The van der Waals surface area contributed by atoms with Gasteiger partial charge in [-0.25, -0.2) is 4.79 Å². The number of anilines is 1. The van der Waals surface area contributed by atoms with E-state index >= 15 is 0 Å². The van der Waals surface area contributed by atoms with Crippen molar-refractivity contribution in [1.82, 2.24) is 4.90 Å². The number of aryl methyl sites for hydroxylation is 1.